The Bertz CT molecular complexity index is 805. The van der Waals surface area contributed by atoms with Gasteiger partial charge in [-0.1, -0.05) is 30.3 Å². The van der Waals surface area contributed by atoms with E-state index in [-0.39, 0.29) is 18.6 Å². The highest BCUT2D eigenvalue weighted by Gasteiger charge is 2.14. The predicted molar refractivity (Wildman–Crippen MR) is 88.0 cm³/mol. The van der Waals surface area contributed by atoms with E-state index in [9.17, 15) is 9.90 Å². The van der Waals surface area contributed by atoms with Crippen molar-refractivity contribution in [2.24, 2.45) is 0 Å². The number of aliphatic hydroxyl groups excluding tert-OH is 1. The van der Waals surface area contributed by atoms with Crippen LogP contribution in [0.25, 0.3) is 11.0 Å². The maximum Gasteiger partial charge on any atom is 0.251 e. The lowest BCUT2D eigenvalue weighted by molar-refractivity contribution is 0.0916. The number of carbonyl (C=O) groups is 1. The molecule has 0 aliphatic rings. The number of amides is 1. The number of fused-ring (bicyclic) bond motifs is 1. The molecule has 2 N–H and O–H groups in total. The van der Waals surface area contributed by atoms with E-state index in [1.807, 2.05) is 30.3 Å². The van der Waals surface area contributed by atoms with E-state index in [0.717, 1.165) is 11.1 Å². The van der Waals surface area contributed by atoms with Crippen molar-refractivity contribution < 1.29 is 9.90 Å². The molecule has 0 aliphatic heterocycles. The van der Waals surface area contributed by atoms with Crippen molar-refractivity contribution in [3.05, 3.63) is 72.1 Å². The highest BCUT2D eigenvalue weighted by molar-refractivity contribution is 5.97. The van der Waals surface area contributed by atoms with Gasteiger partial charge in [-0.15, -0.1) is 0 Å². The van der Waals surface area contributed by atoms with Crippen LogP contribution in [0.15, 0.2) is 60.9 Å². The Kier molecular flexibility index (Phi) is 4.59. The monoisotopic (exact) mass is 307 g/mol. The van der Waals surface area contributed by atoms with Crippen molar-refractivity contribution in [1.29, 1.82) is 0 Å². The van der Waals surface area contributed by atoms with Crippen LogP contribution in [0.4, 0.5) is 0 Å². The van der Waals surface area contributed by atoms with Gasteiger partial charge >= 0.3 is 0 Å². The average molecular weight is 307 g/mol. The molecule has 3 rings (SSSR count). The fourth-order valence-corrected chi connectivity index (χ4v) is 2.43. The van der Waals surface area contributed by atoms with Crippen LogP contribution in [0, 0.1) is 0 Å². The normalized spacial score (nSPS) is 12.0. The first kappa shape index (κ1) is 15.1. The van der Waals surface area contributed by atoms with Gasteiger partial charge in [0.2, 0.25) is 0 Å². The first-order valence-corrected chi connectivity index (χ1v) is 7.42. The van der Waals surface area contributed by atoms with E-state index in [2.05, 4.69) is 15.3 Å². The summed E-state index contributed by atoms with van der Waals surface area (Å²) >= 11 is 0. The van der Waals surface area contributed by atoms with Crippen LogP contribution >= 0.6 is 0 Å². The summed E-state index contributed by atoms with van der Waals surface area (Å²) < 4.78 is 0. The van der Waals surface area contributed by atoms with Crippen molar-refractivity contribution in [2.75, 3.05) is 6.61 Å². The maximum absolute atomic E-state index is 12.4. The van der Waals surface area contributed by atoms with E-state index in [1.54, 1.807) is 30.6 Å². The van der Waals surface area contributed by atoms with Crippen molar-refractivity contribution in [3.8, 4) is 0 Å². The molecule has 0 spiro atoms. The summed E-state index contributed by atoms with van der Waals surface area (Å²) in [7, 11) is 0. The van der Waals surface area contributed by atoms with Gasteiger partial charge < -0.3 is 10.4 Å². The Balaban J connectivity index is 1.73. The second-order valence-corrected chi connectivity index (χ2v) is 5.30. The summed E-state index contributed by atoms with van der Waals surface area (Å²) in [5.41, 5.74) is 2.98. The number of carbonyl (C=O) groups excluding carboxylic acids is 1. The fraction of sp³-hybridized carbons (Fsp3) is 0.167. The van der Waals surface area contributed by atoms with Gasteiger partial charge in [0, 0.05) is 18.0 Å². The Hall–Kier alpha value is -2.79. The average Bonchev–Trinajstić information content (AvgIpc) is 2.61. The van der Waals surface area contributed by atoms with Gasteiger partial charge in [0.15, 0.2) is 0 Å². The molecule has 0 unspecified atom stereocenters. The van der Waals surface area contributed by atoms with Crippen molar-refractivity contribution >= 4 is 16.9 Å². The molecule has 23 heavy (non-hydrogen) atoms. The molecule has 3 aromatic rings. The van der Waals surface area contributed by atoms with Gasteiger partial charge in [0.05, 0.1) is 23.7 Å². The molecule has 1 heterocycles. The van der Waals surface area contributed by atoms with Gasteiger partial charge in [-0.2, -0.15) is 0 Å². The van der Waals surface area contributed by atoms with E-state index >= 15 is 0 Å². The molecule has 0 saturated carbocycles. The fourth-order valence-electron chi connectivity index (χ4n) is 2.43. The molecule has 116 valence electrons. The molecule has 0 radical (unpaired) electrons. The van der Waals surface area contributed by atoms with E-state index in [0.29, 0.717) is 17.5 Å². The lowest BCUT2D eigenvalue weighted by atomic mass is 10.1. The molecule has 0 saturated heterocycles. The zero-order chi connectivity index (χ0) is 16.1. The summed E-state index contributed by atoms with van der Waals surface area (Å²) in [5, 5.41) is 12.4. The number of rotatable bonds is 5. The van der Waals surface area contributed by atoms with Crippen molar-refractivity contribution in [1.82, 2.24) is 15.3 Å². The number of aliphatic hydroxyl groups is 1. The topological polar surface area (TPSA) is 75.1 Å². The highest BCUT2D eigenvalue weighted by atomic mass is 16.3. The highest BCUT2D eigenvalue weighted by Crippen LogP contribution is 2.11. The maximum atomic E-state index is 12.4. The zero-order valence-electron chi connectivity index (χ0n) is 12.5. The van der Waals surface area contributed by atoms with Crippen LogP contribution in [0.3, 0.4) is 0 Å². The Morgan fingerprint density at radius 2 is 1.78 bits per heavy atom. The third-order valence-electron chi connectivity index (χ3n) is 3.61. The van der Waals surface area contributed by atoms with Gasteiger partial charge in [0.1, 0.15) is 0 Å². The van der Waals surface area contributed by atoms with Gasteiger partial charge in [-0.05, 0) is 30.2 Å². The zero-order valence-corrected chi connectivity index (χ0v) is 12.5. The lowest BCUT2D eigenvalue weighted by Crippen LogP contribution is -2.39. The number of nitrogens with one attached hydrogen (secondary N) is 1. The van der Waals surface area contributed by atoms with Crippen molar-refractivity contribution in [3.63, 3.8) is 0 Å². The lowest BCUT2D eigenvalue weighted by Gasteiger charge is -2.16. The Labute approximate surface area is 134 Å². The molecule has 1 amide bonds. The minimum atomic E-state index is -0.331. The van der Waals surface area contributed by atoms with Gasteiger partial charge in [-0.3, -0.25) is 14.8 Å². The molecule has 0 aliphatic carbocycles. The number of hydrogen-bond donors (Lipinski definition) is 2. The second-order valence-electron chi connectivity index (χ2n) is 5.30. The third kappa shape index (κ3) is 3.70. The number of aromatic nitrogens is 2. The first-order valence-electron chi connectivity index (χ1n) is 7.42. The number of nitrogens with zero attached hydrogens (tertiary/aromatic N) is 2. The summed E-state index contributed by atoms with van der Waals surface area (Å²) in [4.78, 5) is 20.8. The van der Waals surface area contributed by atoms with Crippen LogP contribution in [-0.2, 0) is 6.42 Å². The van der Waals surface area contributed by atoms with Gasteiger partial charge in [-0.25, -0.2) is 0 Å². The molecule has 1 atom stereocenters. The van der Waals surface area contributed by atoms with Crippen molar-refractivity contribution in [2.45, 2.75) is 12.5 Å². The van der Waals surface area contributed by atoms with Crippen LogP contribution in [-0.4, -0.2) is 33.6 Å². The number of hydrogen-bond acceptors (Lipinski definition) is 4. The van der Waals surface area contributed by atoms with E-state index < -0.39 is 0 Å². The molecular weight excluding hydrogens is 290 g/mol. The molecule has 1 aromatic heterocycles. The van der Waals surface area contributed by atoms with Crippen LogP contribution in [0.1, 0.15) is 15.9 Å². The van der Waals surface area contributed by atoms with Crippen LogP contribution in [0.5, 0.6) is 0 Å². The predicted octanol–water partition coefficient (Wildman–Crippen LogP) is 1.96. The van der Waals surface area contributed by atoms with Gasteiger partial charge in [0.25, 0.3) is 5.91 Å². The smallest absolute Gasteiger partial charge is 0.251 e. The minimum absolute atomic E-state index is 0.117. The molecule has 5 heteroatoms. The summed E-state index contributed by atoms with van der Waals surface area (Å²) in [5.74, 6) is -0.229. The molecule has 5 nitrogen and oxygen atoms in total. The quantitative estimate of drug-likeness (QED) is 0.755. The van der Waals surface area contributed by atoms with E-state index in [1.165, 1.54) is 0 Å². The third-order valence-corrected chi connectivity index (χ3v) is 3.61. The first-order chi connectivity index (χ1) is 11.3. The standard InChI is InChI=1S/C18H17N3O2/c22-12-15(10-13-4-2-1-3-5-13)21-18(23)14-6-7-16-17(11-14)20-9-8-19-16/h1-9,11,15,22H,10,12H2,(H,21,23)/t15-/m0/s1. The Morgan fingerprint density at radius 3 is 2.52 bits per heavy atom. The second kappa shape index (κ2) is 6.98. The molecule has 0 bridgehead atoms. The number of benzene rings is 2. The molecule has 2 aromatic carbocycles. The largest absolute Gasteiger partial charge is 0.394 e. The summed E-state index contributed by atoms with van der Waals surface area (Å²) in [6.07, 6.45) is 3.79. The Morgan fingerprint density at radius 1 is 1.04 bits per heavy atom. The summed E-state index contributed by atoms with van der Waals surface area (Å²) in [6.45, 7) is -0.117. The molecular formula is C18H17N3O2. The SMILES string of the molecule is O=C(N[C@H](CO)Cc1ccccc1)c1ccc2nccnc2c1. The van der Waals surface area contributed by atoms with Crippen LogP contribution in [0.2, 0.25) is 0 Å². The van der Waals surface area contributed by atoms with E-state index in [4.69, 9.17) is 0 Å². The molecule has 0 fully saturated rings. The van der Waals surface area contributed by atoms with Crippen LogP contribution < -0.4 is 5.32 Å². The minimum Gasteiger partial charge on any atom is -0.394 e. The summed E-state index contributed by atoms with van der Waals surface area (Å²) in [6, 6.07) is 14.6.